The van der Waals surface area contributed by atoms with Crippen LogP contribution in [-0.2, 0) is 11.3 Å². The lowest BCUT2D eigenvalue weighted by Gasteiger charge is -2.09. The normalized spacial score (nSPS) is 19.2. The first-order chi connectivity index (χ1) is 8.83. The number of carbonyl (C=O) groups excluding carboxylic acids is 1. The molecule has 3 heterocycles. The summed E-state index contributed by atoms with van der Waals surface area (Å²) in [6.07, 6.45) is 5.58. The molecular weight excluding hydrogens is 228 g/mol. The molecule has 1 unspecified atom stereocenters. The summed E-state index contributed by atoms with van der Waals surface area (Å²) < 4.78 is 0. The Morgan fingerprint density at radius 3 is 3.28 bits per heavy atom. The van der Waals surface area contributed by atoms with Gasteiger partial charge in [0.25, 0.3) is 0 Å². The monoisotopic (exact) mass is 244 g/mol. The average molecular weight is 244 g/mol. The van der Waals surface area contributed by atoms with Gasteiger partial charge >= 0.3 is 0 Å². The molecule has 1 atom stereocenters. The van der Waals surface area contributed by atoms with Gasteiger partial charge in [-0.25, -0.2) is 0 Å². The van der Waals surface area contributed by atoms with Crippen molar-refractivity contribution in [1.82, 2.24) is 20.6 Å². The van der Waals surface area contributed by atoms with Crippen LogP contribution in [0.5, 0.6) is 0 Å². The van der Waals surface area contributed by atoms with Gasteiger partial charge in [0, 0.05) is 29.0 Å². The predicted molar refractivity (Wildman–Crippen MR) is 69.0 cm³/mol. The topological polar surface area (TPSA) is 69.8 Å². The molecule has 2 aromatic heterocycles. The lowest BCUT2D eigenvalue weighted by atomic mass is 10.2. The predicted octanol–water partition coefficient (Wildman–Crippen LogP) is 0.931. The first-order valence-electron chi connectivity index (χ1n) is 6.25. The lowest BCUT2D eigenvalue weighted by Crippen LogP contribution is -2.40. The fraction of sp³-hybridized carbons (Fsp3) is 0.385. The molecule has 1 saturated heterocycles. The van der Waals surface area contributed by atoms with Crippen LogP contribution in [0.25, 0.3) is 10.9 Å². The second-order valence-electron chi connectivity index (χ2n) is 4.62. The maximum atomic E-state index is 11.8. The van der Waals surface area contributed by atoms with Crippen molar-refractivity contribution in [1.29, 1.82) is 0 Å². The Kier molecular flexibility index (Phi) is 2.98. The summed E-state index contributed by atoms with van der Waals surface area (Å²) in [6.45, 7) is 1.47. The van der Waals surface area contributed by atoms with Crippen LogP contribution in [0.4, 0.5) is 0 Å². The Labute approximate surface area is 105 Å². The van der Waals surface area contributed by atoms with Crippen LogP contribution in [0, 0.1) is 0 Å². The van der Waals surface area contributed by atoms with Crippen molar-refractivity contribution in [2.24, 2.45) is 0 Å². The maximum absolute atomic E-state index is 11.8. The summed E-state index contributed by atoms with van der Waals surface area (Å²) in [4.78, 5) is 19.2. The molecule has 3 N–H and O–H groups in total. The Balaban J connectivity index is 1.63. The molecule has 3 rings (SSSR count). The average Bonchev–Trinajstić information content (AvgIpc) is 3.04. The van der Waals surface area contributed by atoms with Crippen molar-refractivity contribution in [2.75, 3.05) is 6.54 Å². The van der Waals surface area contributed by atoms with Gasteiger partial charge in [-0.2, -0.15) is 0 Å². The zero-order chi connectivity index (χ0) is 12.4. The minimum absolute atomic E-state index is 0.0176. The van der Waals surface area contributed by atoms with Gasteiger partial charge in [0.05, 0.1) is 12.6 Å². The summed E-state index contributed by atoms with van der Waals surface area (Å²) in [7, 11) is 0. The molecule has 0 saturated carbocycles. The van der Waals surface area contributed by atoms with E-state index in [1.807, 2.05) is 18.3 Å². The van der Waals surface area contributed by atoms with Crippen LogP contribution >= 0.6 is 0 Å². The smallest absolute Gasteiger partial charge is 0.237 e. The third-order valence-electron chi connectivity index (χ3n) is 3.31. The van der Waals surface area contributed by atoms with Crippen molar-refractivity contribution >= 4 is 16.8 Å². The molecule has 2 aromatic rings. The van der Waals surface area contributed by atoms with Gasteiger partial charge in [-0.15, -0.1) is 0 Å². The van der Waals surface area contributed by atoms with E-state index in [0.717, 1.165) is 36.0 Å². The quantitative estimate of drug-likeness (QED) is 0.752. The number of pyridine rings is 1. The molecule has 0 aromatic carbocycles. The number of carbonyl (C=O) groups is 1. The molecule has 0 bridgehead atoms. The minimum Gasteiger partial charge on any atom is -0.357 e. The summed E-state index contributed by atoms with van der Waals surface area (Å²) in [5.74, 6) is 0.0873. The van der Waals surface area contributed by atoms with Gasteiger partial charge in [-0.05, 0) is 31.5 Å². The van der Waals surface area contributed by atoms with Gasteiger partial charge in [0.15, 0.2) is 0 Å². The zero-order valence-electron chi connectivity index (χ0n) is 10.1. The van der Waals surface area contributed by atoms with E-state index in [1.165, 1.54) is 0 Å². The number of nitrogens with one attached hydrogen (secondary N) is 3. The van der Waals surface area contributed by atoms with E-state index < -0.39 is 0 Å². The molecule has 0 aliphatic carbocycles. The lowest BCUT2D eigenvalue weighted by molar-refractivity contribution is -0.122. The van der Waals surface area contributed by atoms with Gasteiger partial charge in [0.2, 0.25) is 5.91 Å². The largest absolute Gasteiger partial charge is 0.357 e. The third kappa shape index (κ3) is 2.22. The Bertz CT molecular complexity index is 524. The van der Waals surface area contributed by atoms with Crippen molar-refractivity contribution in [2.45, 2.75) is 25.4 Å². The number of hydrogen-bond acceptors (Lipinski definition) is 3. The van der Waals surface area contributed by atoms with Crippen molar-refractivity contribution < 1.29 is 4.79 Å². The number of H-pyrrole nitrogens is 1. The summed E-state index contributed by atoms with van der Waals surface area (Å²) in [5, 5.41) is 7.21. The van der Waals surface area contributed by atoms with Gasteiger partial charge in [0.1, 0.15) is 0 Å². The minimum atomic E-state index is -0.0176. The first kappa shape index (κ1) is 11.2. The first-order valence-corrected chi connectivity index (χ1v) is 6.25. The number of hydrogen-bond donors (Lipinski definition) is 3. The number of fused-ring (bicyclic) bond motifs is 1. The molecule has 1 fully saturated rings. The van der Waals surface area contributed by atoms with Crippen LogP contribution in [0.2, 0.25) is 0 Å². The SMILES string of the molecule is O=C(NCc1cc2cnccc2[nH]1)C1CCCN1. The second-order valence-corrected chi connectivity index (χ2v) is 4.62. The van der Waals surface area contributed by atoms with Crippen LogP contribution in [-0.4, -0.2) is 28.5 Å². The highest BCUT2D eigenvalue weighted by Crippen LogP contribution is 2.13. The summed E-state index contributed by atoms with van der Waals surface area (Å²) in [6, 6.07) is 3.93. The molecule has 0 radical (unpaired) electrons. The number of amides is 1. The molecule has 94 valence electrons. The Morgan fingerprint density at radius 2 is 2.50 bits per heavy atom. The Morgan fingerprint density at radius 1 is 1.56 bits per heavy atom. The molecule has 1 aliphatic rings. The highest BCUT2D eigenvalue weighted by Gasteiger charge is 2.21. The summed E-state index contributed by atoms with van der Waals surface area (Å²) >= 11 is 0. The van der Waals surface area contributed by atoms with Crippen molar-refractivity contribution in [3.63, 3.8) is 0 Å². The molecule has 5 heteroatoms. The highest BCUT2D eigenvalue weighted by atomic mass is 16.2. The molecule has 1 amide bonds. The van der Waals surface area contributed by atoms with E-state index in [2.05, 4.69) is 20.6 Å². The standard InChI is InChI=1S/C13H16N4O/c18-13(12-2-1-4-15-12)16-8-10-6-9-7-14-5-3-11(9)17-10/h3,5-7,12,15,17H,1-2,4,8H2,(H,16,18). The van der Waals surface area contributed by atoms with Crippen LogP contribution in [0.15, 0.2) is 24.5 Å². The van der Waals surface area contributed by atoms with Crippen LogP contribution in [0.1, 0.15) is 18.5 Å². The number of aromatic nitrogens is 2. The fourth-order valence-corrected chi connectivity index (χ4v) is 2.34. The summed E-state index contributed by atoms with van der Waals surface area (Å²) in [5.41, 5.74) is 2.05. The number of aromatic amines is 1. The van der Waals surface area contributed by atoms with Crippen LogP contribution in [0.3, 0.4) is 0 Å². The van der Waals surface area contributed by atoms with Gasteiger partial charge < -0.3 is 15.6 Å². The molecule has 18 heavy (non-hydrogen) atoms. The number of rotatable bonds is 3. The van der Waals surface area contributed by atoms with Crippen LogP contribution < -0.4 is 10.6 Å². The van der Waals surface area contributed by atoms with E-state index in [1.54, 1.807) is 6.20 Å². The molecule has 1 aliphatic heterocycles. The molecule has 5 nitrogen and oxygen atoms in total. The maximum Gasteiger partial charge on any atom is 0.237 e. The van der Waals surface area contributed by atoms with Gasteiger partial charge in [-0.1, -0.05) is 0 Å². The van der Waals surface area contributed by atoms with E-state index in [4.69, 9.17) is 0 Å². The highest BCUT2D eigenvalue weighted by molar-refractivity contribution is 5.82. The van der Waals surface area contributed by atoms with E-state index in [9.17, 15) is 4.79 Å². The van der Waals surface area contributed by atoms with Crippen molar-refractivity contribution in [3.8, 4) is 0 Å². The number of nitrogens with zero attached hydrogens (tertiary/aromatic N) is 1. The van der Waals surface area contributed by atoms with E-state index in [0.29, 0.717) is 6.54 Å². The van der Waals surface area contributed by atoms with Crippen molar-refractivity contribution in [3.05, 3.63) is 30.2 Å². The third-order valence-corrected chi connectivity index (χ3v) is 3.31. The zero-order valence-corrected chi connectivity index (χ0v) is 10.1. The Hall–Kier alpha value is -1.88. The fourth-order valence-electron chi connectivity index (χ4n) is 2.34. The van der Waals surface area contributed by atoms with E-state index in [-0.39, 0.29) is 11.9 Å². The molecule has 0 spiro atoms. The van der Waals surface area contributed by atoms with E-state index >= 15 is 0 Å². The van der Waals surface area contributed by atoms with Gasteiger partial charge in [-0.3, -0.25) is 9.78 Å². The second kappa shape index (κ2) is 4.78. The molecular formula is C13H16N4O.